The molecule has 0 saturated carbocycles. The highest BCUT2D eigenvalue weighted by atomic mass is 32.2. The molecular weight excluding hydrogens is 442 g/mol. The summed E-state index contributed by atoms with van der Waals surface area (Å²) >= 11 is 1.64. The van der Waals surface area contributed by atoms with Crippen molar-refractivity contribution in [2.24, 2.45) is 0 Å². The quantitative estimate of drug-likeness (QED) is 0.517. The Labute approximate surface area is 193 Å². The second-order valence-corrected chi connectivity index (χ2v) is 10.7. The number of hydrogen-bond donors (Lipinski definition) is 2. The van der Waals surface area contributed by atoms with Gasteiger partial charge in [-0.3, -0.25) is 10.1 Å². The molecular formula is C24H27N3O3S2. The van der Waals surface area contributed by atoms with E-state index in [1.807, 2.05) is 41.8 Å². The number of carbonyl (C=O) groups excluding carboxylic acids is 1. The van der Waals surface area contributed by atoms with Crippen LogP contribution in [0, 0.1) is 0 Å². The molecule has 1 amide bonds. The molecule has 0 bridgehead atoms. The maximum atomic E-state index is 12.8. The van der Waals surface area contributed by atoms with Crippen molar-refractivity contribution in [3.8, 4) is 0 Å². The maximum Gasteiger partial charge on any atom is 0.243 e. The number of piperidine rings is 1. The first-order valence-corrected chi connectivity index (χ1v) is 13.1. The molecule has 2 aromatic carbocycles. The molecule has 1 aliphatic rings. The van der Waals surface area contributed by atoms with Gasteiger partial charge in [-0.1, -0.05) is 42.8 Å². The van der Waals surface area contributed by atoms with Gasteiger partial charge >= 0.3 is 0 Å². The second kappa shape index (κ2) is 10.4. The van der Waals surface area contributed by atoms with Gasteiger partial charge in [-0.25, -0.2) is 8.42 Å². The van der Waals surface area contributed by atoms with Crippen LogP contribution in [-0.4, -0.2) is 38.3 Å². The predicted octanol–water partition coefficient (Wildman–Crippen LogP) is 4.24. The highest BCUT2D eigenvalue weighted by Crippen LogP contribution is 2.26. The molecule has 1 aromatic heterocycles. The molecule has 1 atom stereocenters. The van der Waals surface area contributed by atoms with Crippen molar-refractivity contribution < 1.29 is 13.2 Å². The number of thiophene rings is 1. The van der Waals surface area contributed by atoms with E-state index in [0.29, 0.717) is 18.8 Å². The normalized spacial score (nSPS) is 15.9. The SMILES string of the molecule is O=C(CN[C@@H](c1ccccc1)c1cccs1)Nc1ccc(S(=O)(=O)N2CCCCC2)cc1. The Morgan fingerprint density at radius 1 is 0.938 bits per heavy atom. The van der Waals surface area contributed by atoms with Gasteiger partial charge in [-0.15, -0.1) is 11.3 Å². The summed E-state index contributed by atoms with van der Waals surface area (Å²) in [6.45, 7) is 1.27. The molecule has 0 aliphatic carbocycles. The zero-order valence-corrected chi connectivity index (χ0v) is 19.4. The predicted molar refractivity (Wildman–Crippen MR) is 128 cm³/mol. The van der Waals surface area contributed by atoms with Crippen molar-refractivity contribution in [3.63, 3.8) is 0 Å². The summed E-state index contributed by atoms with van der Waals surface area (Å²) in [6.07, 6.45) is 2.87. The monoisotopic (exact) mass is 469 g/mol. The molecule has 4 rings (SSSR count). The summed E-state index contributed by atoms with van der Waals surface area (Å²) in [5, 5.41) is 8.20. The average Bonchev–Trinajstić information content (AvgIpc) is 3.35. The van der Waals surface area contributed by atoms with Crippen LogP contribution >= 0.6 is 11.3 Å². The molecule has 32 heavy (non-hydrogen) atoms. The Hall–Kier alpha value is -2.52. The molecule has 168 valence electrons. The van der Waals surface area contributed by atoms with Crippen LogP contribution in [0.25, 0.3) is 0 Å². The van der Waals surface area contributed by atoms with Gasteiger partial charge < -0.3 is 5.32 Å². The highest BCUT2D eigenvalue weighted by Gasteiger charge is 2.25. The molecule has 1 saturated heterocycles. The lowest BCUT2D eigenvalue weighted by Crippen LogP contribution is -2.35. The van der Waals surface area contributed by atoms with Crippen molar-refractivity contribution in [1.29, 1.82) is 0 Å². The lowest BCUT2D eigenvalue weighted by molar-refractivity contribution is -0.115. The largest absolute Gasteiger partial charge is 0.325 e. The van der Waals surface area contributed by atoms with E-state index >= 15 is 0 Å². The van der Waals surface area contributed by atoms with Crippen LogP contribution in [-0.2, 0) is 14.8 Å². The Balaban J connectivity index is 1.37. The van der Waals surface area contributed by atoms with Crippen molar-refractivity contribution in [1.82, 2.24) is 9.62 Å². The minimum atomic E-state index is -3.48. The lowest BCUT2D eigenvalue weighted by Gasteiger charge is -2.25. The first kappa shape index (κ1) is 22.7. The van der Waals surface area contributed by atoms with Crippen LogP contribution < -0.4 is 10.6 Å². The van der Waals surface area contributed by atoms with Gasteiger partial charge in [0.2, 0.25) is 15.9 Å². The van der Waals surface area contributed by atoms with Crippen LogP contribution in [0.2, 0.25) is 0 Å². The summed E-state index contributed by atoms with van der Waals surface area (Å²) in [7, 11) is -3.48. The summed E-state index contributed by atoms with van der Waals surface area (Å²) in [5.74, 6) is -0.186. The van der Waals surface area contributed by atoms with Crippen molar-refractivity contribution in [2.45, 2.75) is 30.2 Å². The standard InChI is InChI=1S/C24H27N3O3S2/c28-23(18-25-24(22-10-7-17-31-22)19-8-3-1-4-9-19)26-20-11-13-21(14-12-20)32(29,30)27-15-5-2-6-16-27/h1,3-4,7-14,17,24-25H,2,5-6,15-16,18H2,(H,26,28)/t24-/m0/s1. The van der Waals surface area contributed by atoms with Crippen molar-refractivity contribution >= 4 is 33.0 Å². The fourth-order valence-corrected chi connectivity index (χ4v) is 6.19. The fraction of sp³-hybridized carbons (Fsp3) is 0.292. The average molecular weight is 470 g/mol. The minimum Gasteiger partial charge on any atom is -0.325 e. The number of sulfonamides is 1. The molecule has 6 nitrogen and oxygen atoms in total. The zero-order chi connectivity index (χ0) is 22.4. The first-order valence-electron chi connectivity index (χ1n) is 10.8. The van der Waals surface area contributed by atoms with Crippen molar-refractivity contribution in [3.05, 3.63) is 82.6 Å². The summed E-state index contributed by atoms with van der Waals surface area (Å²) < 4.78 is 27.1. The summed E-state index contributed by atoms with van der Waals surface area (Å²) in [6, 6.07) is 20.4. The Kier molecular flexibility index (Phi) is 7.36. The smallest absolute Gasteiger partial charge is 0.243 e. The van der Waals surface area contributed by atoms with E-state index < -0.39 is 10.0 Å². The third kappa shape index (κ3) is 5.45. The van der Waals surface area contributed by atoms with E-state index in [1.54, 1.807) is 39.9 Å². The minimum absolute atomic E-state index is 0.0704. The number of amides is 1. The molecule has 2 N–H and O–H groups in total. The van der Waals surface area contributed by atoms with Gasteiger partial charge in [0.1, 0.15) is 0 Å². The van der Waals surface area contributed by atoms with Crippen LogP contribution in [0.4, 0.5) is 5.69 Å². The van der Waals surface area contributed by atoms with Crippen LogP contribution in [0.1, 0.15) is 35.7 Å². The molecule has 0 unspecified atom stereocenters. The number of nitrogens with one attached hydrogen (secondary N) is 2. The first-order chi connectivity index (χ1) is 15.5. The van der Waals surface area contributed by atoms with E-state index in [-0.39, 0.29) is 23.4 Å². The third-order valence-corrected chi connectivity index (χ3v) is 8.37. The second-order valence-electron chi connectivity index (χ2n) is 7.78. The number of anilines is 1. The molecule has 3 aromatic rings. The third-order valence-electron chi connectivity index (χ3n) is 5.52. The van der Waals surface area contributed by atoms with Gasteiger partial charge in [-0.05, 0) is 54.1 Å². The Morgan fingerprint density at radius 2 is 1.66 bits per heavy atom. The number of nitrogens with zero attached hydrogens (tertiary/aromatic N) is 1. The molecule has 1 aliphatic heterocycles. The highest BCUT2D eigenvalue weighted by molar-refractivity contribution is 7.89. The summed E-state index contributed by atoms with van der Waals surface area (Å²) in [5.41, 5.74) is 1.66. The van der Waals surface area contributed by atoms with Gasteiger partial charge in [0.15, 0.2) is 0 Å². The number of carbonyl (C=O) groups is 1. The van der Waals surface area contributed by atoms with E-state index in [9.17, 15) is 13.2 Å². The molecule has 1 fully saturated rings. The Bertz CT molecular complexity index is 1110. The molecule has 8 heteroatoms. The molecule has 2 heterocycles. The fourth-order valence-electron chi connectivity index (χ4n) is 3.85. The van der Waals surface area contributed by atoms with Gasteiger partial charge in [-0.2, -0.15) is 4.31 Å². The summed E-state index contributed by atoms with van der Waals surface area (Å²) in [4.78, 5) is 13.9. The van der Waals surface area contributed by atoms with Crippen LogP contribution in [0.3, 0.4) is 0 Å². The van der Waals surface area contributed by atoms with Gasteiger partial charge in [0.25, 0.3) is 0 Å². The van der Waals surface area contributed by atoms with Gasteiger partial charge in [0.05, 0.1) is 17.5 Å². The number of hydrogen-bond acceptors (Lipinski definition) is 5. The molecule has 0 radical (unpaired) electrons. The Morgan fingerprint density at radius 3 is 2.31 bits per heavy atom. The number of rotatable bonds is 8. The topological polar surface area (TPSA) is 78.5 Å². The van der Waals surface area contributed by atoms with Crippen LogP contribution in [0.15, 0.2) is 77.0 Å². The van der Waals surface area contributed by atoms with E-state index in [0.717, 1.165) is 29.7 Å². The van der Waals surface area contributed by atoms with Crippen LogP contribution in [0.5, 0.6) is 0 Å². The number of benzene rings is 2. The van der Waals surface area contributed by atoms with E-state index in [1.165, 1.54) is 0 Å². The zero-order valence-electron chi connectivity index (χ0n) is 17.7. The van der Waals surface area contributed by atoms with Crippen molar-refractivity contribution in [2.75, 3.05) is 25.0 Å². The van der Waals surface area contributed by atoms with E-state index in [4.69, 9.17) is 0 Å². The maximum absolute atomic E-state index is 12.8. The lowest BCUT2D eigenvalue weighted by atomic mass is 10.1. The van der Waals surface area contributed by atoms with Gasteiger partial charge in [0, 0.05) is 23.7 Å². The van der Waals surface area contributed by atoms with E-state index in [2.05, 4.69) is 16.7 Å². The molecule has 0 spiro atoms.